The number of aliphatic hydroxyl groups excluding tert-OH is 1. The molecule has 1 aliphatic rings. The Balaban J connectivity index is 1.19. The minimum atomic E-state index is -0.0181. The van der Waals surface area contributed by atoms with Crippen molar-refractivity contribution in [3.8, 4) is 5.75 Å². The average Bonchev–Trinajstić information content (AvgIpc) is 3.39. The molecule has 2 atom stereocenters. The molecule has 8 nitrogen and oxygen atoms in total. The van der Waals surface area contributed by atoms with E-state index in [-0.39, 0.29) is 6.61 Å². The van der Waals surface area contributed by atoms with E-state index >= 15 is 0 Å². The molecule has 2 aromatic heterocycles. The zero-order valence-electron chi connectivity index (χ0n) is 19.8. The van der Waals surface area contributed by atoms with Crippen molar-refractivity contribution < 1.29 is 14.3 Å². The summed E-state index contributed by atoms with van der Waals surface area (Å²) in [6, 6.07) is 6.14. The number of nitrogens with zero attached hydrogens (tertiary/aromatic N) is 5. The lowest BCUT2D eigenvalue weighted by atomic mass is 9.85. The fourth-order valence-electron chi connectivity index (χ4n) is 4.52. The third-order valence-electron chi connectivity index (χ3n) is 6.67. The van der Waals surface area contributed by atoms with Crippen LogP contribution < -0.4 is 14.9 Å². The van der Waals surface area contributed by atoms with Crippen molar-refractivity contribution in [2.45, 2.75) is 52.1 Å². The molecule has 1 saturated heterocycles. The Morgan fingerprint density at radius 1 is 1.24 bits per heavy atom. The average molecular weight is 484 g/mol. The van der Waals surface area contributed by atoms with E-state index < -0.39 is 0 Å². The maximum absolute atomic E-state index is 9.16. The standard InChI is InChI=1S/C25H34N5O3P/c1-2-18(11-19-5-8-30(9-6-19)25-26-14-20(16-31)15-27-25)7-10-32-22-4-3-21(23(34)13-22)12-24-29-28-17-33-24/h3-4,13-15,17-19,31H,2,5-12,16,34H2,1H3. The maximum Gasteiger partial charge on any atom is 0.225 e. The molecule has 3 heterocycles. The van der Waals surface area contributed by atoms with Gasteiger partial charge in [-0.15, -0.1) is 19.4 Å². The predicted molar refractivity (Wildman–Crippen MR) is 134 cm³/mol. The van der Waals surface area contributed by atoms with Crippen LogP contribution in [0.2, 0.25) is 0 Å². The van der Waals surface area contributed by atoms with Gasteiger partial charge in [0, 0.05) is 31.0 Å². The summed E-state index contributed by atoms with van der Waals surface area (Å²) in [5.41, 5.74) is 1.88. The van der Waals surface area contributed by atoms with Crippen molar-refractivity contribution in [1.29, 1.82) is 0 Å². The third-order valence-corrected chi connectivity index (χ3v) is 7.21. The molecular weight excluding hydrogens is 449 g/mol. The molecule has 3 aromatic rings. The van der Waals surface area contributed by atoms with Crippen LogP contribution in [0.3, 0.4) is 0 Å². The third kappa shape index (κ3) is 6.73. The van der Waals surface area contributed by atoms with Crippen molar-refractivity contribution in [3.63, 3.8) is 0 Å². The molecule has 0 aliphatic carbocycles. The summed E-state index contributed by atoms with van der Waals surface area (Å²) in [5.74, 6) is 3.69. The normalized spacial score (nSPS) is 15.4. The fraction of sp³-hybridized carbons (Fsp3) is 0.520. The van der Waals surface area contributed by atoms with Crippen molar-refractivity contribution in [2.75, 3.05) is 24.6 Å². The molecule has 1 aromatic carbocycles. The minimum absolute atomic E-state index is 0.0181. The van der Waals surface area contributed by atoms with Gasteiger partial charge >= 0.3 is 0 Å². The van der Waals surface area contributed by atoms with Gasteiger partial charge in [-0.25, -0.2) is 9.97 Å². The zero-order valence-corrected chi connectivity index (χ0v) is 20.9. The van der Waals surface area contributed by atoms with Crippen LogP contribution in [0.25, 0.3) is 0 Å². The van der Waals surface area contributed by atoms with Crippen molar-refractivity contribution in [2.24, 2.45) is 11.8 Å². The molecule has 0 spiro atoms. The van der Waals surface area contributed by atoms with Crippen LogP contribution in [-0.2, 0) is 13.0 Å². The first kappa shape index (κ1) is 24.6. The van der Waals surface area contributed by atoms with Crippen molar-refractivity contribution >= 4 is 20.5 Å². The summed E-state index contributed by atoms with van der Waals surface area (Å²) in [5, 5.41) is 17.9. The van der Waals surface area contributed by atoms with Gasteiger partial charge in [0.1, 0.15) is 5.75 Å². The molecule has 34 heavy (non-hydrogen) atoms. The predicted octanol–water partition coefficient (Wildman–Crippen LogP) is 3.54. The highest BCUT2D eigenvalue weighted by molar-refractivity contribution is 7.27. The smallest absolute Gasteiger partial charge is 0.225 e. The number of ether oxygens (including phenoxy) is 1. The largest absolute Gasteiger partial charge is 0.494 e. The lowest BCUT2D eigenvalue weighted by molar-refractivity contribution is 0.239. The fourth-order valence-corrected chi connectivity index (χ4v) is 4.89. The number of piperidine rings is 1. The van der Waals surface area contributed by atoms with E-state index in [1.807, 2.05) is 6.07 Å². The molecule has 0 amide bonds. The van der Waals surface area contributed by atoms with E-state index in [0.29, 0.717) is 18.2 Å². The second-order valence-corrected chi connectivity index (χ2v) is 9.62. The van der Waals surface area contributed by atoms with E-state index in [4.69, 9.17) is 14.3 Å². The summed E-state index contributed by atoms with van der Waals surface area (Å²) in [7, 11) is 2.77. The highest BCUT2D eigenvalue weighted by Crippen LogP contribution is 2.29. The van der Waals surface area contributed by atoms with Gasteiger partial charge in [0.2, 0.25) is 18.2 Å². The molecule has 182 valence electrons. The number of hydrogen-bond acceptors (Lipinski definition) is 8. The molecule has 0 saturated carbocycles. The second kappa shape index (κ2) is 12.2. The molecule has 4 rings (SSSR count). The zero-order chi connectivity index (χ0) is 23.8. The first-order chi connectivity index (χ1) is 16.6. The number of aromatic nitrogens is 4. The Morgan fingerprint density at radius 2 is 2.03 bits per heavy atom. The van der Waals surface area contributed by atoms with Gasteiger partial charge in [-0.05, 0) is 60.5 Å². The van der Waals surface area contributed by atoms with Crippen molar-refractivity contribution in [3.05, 3.63) is 54.0 Å². The Hall–Kier alpha value is -2.57. The van der Waals surface area contributed by atoms with E-state index in [0.717, 1.165) is 60.2 Å². The van der Waals surface area contributed by atoms with Crippen molar-refractivity contribution in [1.82, 2.24) is 20.2 Å². The van der Waals surface area contributed by atoms with Crippen LogP contribution >= 0.6 is 9.24 Å². The second-order valence-electron chi connectivity index (χ2n) is 9.00. The molecular formula is C25H34N5O3P. The first-order valence-electron chi connectivity index (χ1n) is 12.1. The topological polar surface area (TPSA) is 97.4 Å². The van der Waals surface area contributed by atoms with E-state index in [1.165, 1.54) is 32.1 Å². The number of rotatable bonds is 11. The summed E-state index contributed by atoms with van der Waals surface area (Å²) < 4.78 is 11.3. The Labute approximate surface area is 203 Å². The highest BCUT2D eigenvalue weighted by atomic mass is 31.0. The van der Waals surface area contributed by atoms with Gasteiger partial charge in [-0.3, -0.25) is 0 Å². The maximum atomic E-state index is 9.16. The summed E-state index contributed by atoms with van der Waals surface area (Å²) in [4.78, 5) is 11.1. The van der Waals surface area contributed by atoms with Gasteiger partial charge in [0.25, 0.3) is 0 Å². The van der Waals surface area contributed by atoms with Gasteiger partial charge in [0.15, 0.2) is 0 Å². The van der Waals surface area contributed by atoms with Crippen LogP contribution in [0.15, 0.2) is 41.4 Å². The van der Waals surface area contributed by atoms with Crippen LogP contribution in [0.4, 0.5) is 5.95 Å². The van der Waals surface area contributed by atoms with E-state index in [1.54, 1.807) is 12.4 Å². The Morgan fingerprint density at radius 3 is 2.68 bits per heavy atom. The van der Waals surface area contributed by atoms with Crippen LogP contribution in [-0.4, -0.2) is 45.0 Å². The Kier molecular flexibility index (Phi) is 8.83. The SMILES string of the molecule is CCC(CCOc1ccc(Cc2nnco2)c(P)c1)CC1CCN(c2ncc(CO)cn2)CC1. The monoisotopic (exact) mass is 483 g/mol. The first-order valence-corrected chi connectivity index (χ1v) is 12.6. The molecule has 0 bridgehead atoms. The minimum Gasteiger partial charge on any atom is -0.494 e. The lowest BCUT2D eigenvalue weighted by Gasteiger charge is -2.33. The van der Waals surface area contributed by atoms with Crippen LogP contribution in [0.1, 0.15) is 56.0 Å². The lowest BCUT2D eigenvalue weighted by Crippen LogP contribution is -2.35. The number of aliphatic hydroxyl groups is 1. The quantitative estimate of drug-likeness (QED) is 0.414. The highest BCUT2D eigenvalue weighted by Gasteiger charge is 2.23. The summed E-state index contributed by atoms with van der Waals surface area (Å²) in [6.07, 6.45) is 11.2. The molecule has 9 heteroatoms. The molecule has 2 unspecified atom stereocenters. The van der Waals surface area contributed by atoms with E-state index in [2.05, 4.69) is 53.4 Å². The molecule has 1 N–H and O–H groups in total. The van der Waals surface area contributed by atoms with E-state index in [9.17, 15) is 0 Å². The van der Waals surface area contributed by atoms with Crippen LogP contribution in [0.5, 0.6) is 5.75 Å². The van der Waals surface area contributed by atoms with Gasteiger partial charge in [-0.2, -0.15) is 0 Å². The van der Waals surface area contributed by atoms with Gasteiger partial charge in [0.05, 0.1) is 19.6 Å². The summed E-state index contributed by atoms with van der Waals surface area (Å²) >= 11 is 0. The summed E-state index contributed by atoms with van der Waals surface area (Å²) in [6.45, 7) is 4.97. The number of benzene rings is 1. The molecule has 1 aliphatic heterocycles. The van der Waals surface area contributed by atoms with Gasteiger partial charge < -0.3 is 19.2 Å². The Bertz CT molecular complexity index is 1010. The molecule has 0 radical (unpaired) electrons. The number of hydrogen-bond donors (Lipinski definition) is 1. The molecule has 1 fully saturated rings. The van der Waals surface area contributed by atoms with Gasteiger partial charge in [-0.1, -0.05) is 19.4 Å². The number of anilines is 1. The van der Waals surface area contributed by atoms with Crippen LogP contribution in [0, 0.1) is 11.8 Å².